The highest BCUT2D eigenvalue weighted by molar-refractivity contribution is 6.17. The van der Waals surface area contributed by atoms with Gasteiger partial charge in [-0.05, 0) is 6.92 Å². The highest BCUT2D eigenvalue weighted by Crippen LogP contribution is 2.19. The Morgan fingerprint density at radius 2 is 2.38 bits per heavy atom. The van der Waals surface area contributed by atoms with Crippen LogP contribution < -0.4 is 5.32 Å². The summed E-state index contributed by atoms with van der Waals surface area (Å²) in [5, 5.41) is 11.3. The van der Waals surface area contributed by atoms with Gasteiger partial charge < -0.3 is 15.2 Å². The van der Waals surface area contributed by atoms with Crippen molar-refractivity contribution in [3.63, 3.8) is 0 Å². The van der Waals surface area contributed by atoms with E-state index < -0.39 is 17.5 Å². The molecule has 0 aliphatic carbocycles. The number of methoxy groups -OCH3 is 1. The minimum absolute atomic E-state index is 0.0294. The zero-order chi connectivity index (χ0) is 10.1. The van der Waals surface area contributed by atoms with Crippen LogP contribution in [0.1, 0.15) is 13.3 Å². The summed E-state index contributed by atoms with van der Waals surface area (Å²) in [5.74, 6) is -1.63. The Bertz CT molecular complexity index is 284. The molecule has 1 unspecified atom stereocenters. The minimum Gasteiger partial charge on any atom is -0.478 e. The fraction of sp³-hybridized carbons (Fsp3) is 0.500. The van der Waals surface area contributed by atoms with Crippen LogP contribution in [0.5, 0.6) is 0 Å². The number of ketones is 1. The van der Waals surface area contributed by atoms with Gasteiger partial charge in [0.1, 0.15) is 11.3 Å². The summed E-state index contributed by atoms with van der Waals surface area (Å²) >= 11 is 0. The molecule has 2 N–H and O–H groups in total. The Balaban J connectivity index is 2.87. The second kappa shape index (κ2) is 3.18. The number of carboxylic acid groups (broad SMARTS) is 1. The van der Waals surface area contributed by atoms with Gasteiger partial charge in [0.05, 0.1) is 6.42 Å². The molecular formula is C8H11NO4. The number of carbonyl (C=O) groups excluding carboxylic acids is 1. The molecule has 0 aromatic rings. The molecule has 13 heavy (non-hydrogen) atoms. The van der Waals surface area contributed by atoms with Gasteiger partial charge in [0.2, 0.25) is 0 Å². The Hall–Kier alpha value is -1.36. The number of aliphatic carboxylic acids is 1. The maximum atomic E-state index is 11.2. The average molecular weight is 185 g/mol. The van der Waals surface area contributed by atoms with Gasteiger partial charge in [0.25, 0.3) is 0 Å². The average Bonchev–Trinajstić information content (AvgIpc) is 2.03. The monoisotopic (exact) mass is 185 g/mol. The zero-order valence-corrected chi connectivity index (χ0v) is 7.46. The third kappa shape index (κ3) is 1.86. The van der Waals surface area contributed by atoms with Gasteiger partial charge in [-0.25, -0.2) is 4.79 Å². The van der Waals surface area contributed by atoms with Gasteiger partial charge in [-0.2, -0.15) is 0 Å². The second-order valence-corrected chi connectivity index (χ2v) is 3.04. The number of Topliss-reactive ketones (excluding diaryl/α,β-unsaturated/α-hetero) is 1. The van der Waals surface area contributed by atoms with Gasteiger partial charge in [0, 0.05) is 13.3 Å². The van der Waals surface area contributed by atoms with Gasteiger partial charge >= 0.3 is 5.97 Å². The van der Waals surface area contributed by atoms with E-state index in [1.165, 1.54) is 13.3 Å². The number of carboxylic acids is 1. The minimum atomic E-state index is -1.21. The Labute approximate surface area is 75.4 Å². The largest absolute Gasteiger partial charge is 0.478 e. The summed E-state index contributed by atoms with van der Waals surface area (Å²) < 4.78 is 5.01. The number of ether oxygens (including phenoxy) is 1. The van der Waals surface area contributed by atoms with Crippen LogP contribution >= 0.6 is 0 Å². The first-order chi connectivity index (χ1) is 5.98. The standard InChI is InChI=1S/C8H11NO4/c1-8(13-2)3-6(10)5(4-9-8)7(11)12/h4,9H,3H2,1-2H3,(H,11,12). The van der Waals surface area contributed by atoms with Crippen molar-refractivity contribution < 1.29 is 19.4 Å². The van der Waals surface area contributed by atoms with Gasteiger partial charge in [-0.15, -0.1) is 0 Å². The van der Waals surface area contributed by atoms with Crippen LogP contribution in [0.3, 0.4) is 0 Å². The SMILES string of the molecule is COC1(C)CC(=O)C(C(=O)O)=CN1. The van der Waals surface area contributed by atoms with Crippen molar-refractivity contribution in [1.82, 2.24) is 5.32 Å². The summed E-state index contributed by atoms with van der Waals surface area (Å²) in [6, 6.07) is 0. The summed E-state index contributed by atoms with van der Waals surface area (Å²) in [5.41, 5.74) is -1.01. The Morgan fingerprint density at radius 3 is 2.77 bits per heavy atom. The topological polar surface area (TPSA) is 75.6 Å². The highest BCUT2D eigenvalue weighted by atomic mass is 16.5. The van der Waals surface area contributed by atoms with Gasteiger partial charge in [-0.1, -0.05) is 0 Å². The quantitative estimate of drug-likeness (QED) is 0.586. The zero-order valence-electron chi connectivity index (χ0n) is 7.46. The molecule has 0 aromatic carbocycles. The number of hydrogen-bond acceptors (Lipinski definition) is 4. The first-order valence-electron chi connectivity index (χ1n) is 3.78. The van der Waals surface area contributed by atoms with E-state index in [0.29, 0.717) is 0 Å². The lowest BCUT2D eigenvalue weighted by molar-refractivity contribution is -0.136. The van der Waals surface area contributed by atoms with Crippen molar-refractivity contribution in [2.24, 2.45) is 0 Å². The van der Waals surface area contributed by atoms with Gasteiger partial charge in [-0.3, -0.25) is 4.79 Å². The number of hydrogen-bond donors (Lipinski definition) is 2. The maximum Gasteiger partial charge on any atom is 0.340 e. The van der Waals surface area contributed by atoms with Gasteiger partial charge in [0.15, 0.2) is 5.78 Å². The van der Waals surface area contributed by atoms with E-state index in [2.05, 4.69) is 5.32 Å². The molecule has 5 nitrogen and oxygen atoms in total. The molecule has 0 radical (unpaired) electrons. The van der Waals surface area contributed by atoms with Crippen LogP contribution in [0.4, 0.5) is 0 Å². The van der Waals surface area contributed by atoms with Crippen LogP contribution in [0.2, 0.25) is 0 Å². The predicted octanol–water partition coefficient (Wildman–Crippen LogP) is -0.120. The van der Waals surface area contributed by atoms with Crippen molar-refractivity contribution in [3.05, 3.63) is 11.8 Å². The van der Waals surface area contributed by atoms with E-state index in [-0.39, 0.29) is 12.0 Å². The third-order valence-corrected chi connectivity index (χ3v) is 2.00. The van der Waals surface area contributed by atoms with Crippen molar-refractivity contribution in [3.8, 4) is 0 Å². The smallest absolute Gasteiger partial charge is 0.340 e. The van der Waals surface area contributed by atoms with Crippen LogP contribution in [0, 0.1) is 0 Å². The van der Waals surface area contributed by atoms with E-state index >= 15 is 0 Å². The van der Waals surface area contributed by atoms with Crippen molar-refractivity contribution in [2.45, 2.75) is 19.1 Å². The molecule has 0 bridgehead atoms. The molecule has 0 fully saturated rings. The Kier molecular flexibility index (Phi) is 2.38. The van der Waals surface area contributed by atoms with E-state index in [9.17, 15) is 9.59 Å². The molecule has 0 aromatic heterocycles. The van der Waals surface area contributed by atoms with Crippen LogP contribution in [-0.2, 0) is 14.3 Å². The van der Waals surface area contributed by atoms with Crippen LogP contribution in [0.25, 0.3) is 0 Å². The molecule has 1 rings (SSSR count). The molecule has 1 heterocycles. The lowest BCUT2D eigenvalue weighted by Gasteiger charge is -2.31. The first-order valence-corrected chi connectivity index (χ1v) is 3.78. The lowest BCUT2D eigenvalue weighted by atomic mass is 9.99. The fourth-order valence-corrected chi connectivity index (χ4v) is 1.07. The van der Waals surface area contributed by atoms with Crippen LogP contribution in [0.15, 0.2) is 11.8 Å². The third-order valence-electron chi connectivity index (χ3n) is 2.00. The summed E-state index contributed by atoms with van der Waals surface area (Å²) in [6.07, 6.45) is 1.21. The highest BCUT2D eigenvalue weighted by Gasteiger charge is 2.33. The number of nitrogens with one attached hydrogen (secondary N) is 1. The molecule has 1 aliphatic rings. The molecule has 0 spiro atoms. The van der Waals surface area contributed by atoms with Crippen LogP contribution in [-0.4, -0.2) is 29.7 Å². The lowest BCUT2D eigenvalue weighted by Crippen LogP contribution is -2.47. The molecule has 0 amide bonds. The molecule has 0 saturated heterocycles. The van der Waals surface area contributed by atoms with E-state index in [0.717, 1.165) is 0 Å². The summed E-state index contributed by atoms with van der Waals surface area (Å²) in [7, 11) is 1.46. The van der Waals surface area contributed by atoms with E-state index in [1.807, 2.05) is 0 Å². The predicted molar refractivity (Wildman–Crippen MR) is 43.9 cm³/mol. The number of rotatable bonds is 2. The fourth-order valence-electron chi connectivity index (χ4n) is 1.07. The molecule has 1 aliphatic heterocycles. The normalized spacial score (nSPS) is 27.8. The van der Waals surface area contributed by atoms with Crippen molar-refractivity contribution >= 4 is 11.8 Å². The van der Waals surface area contributed by atoms with E-state index in [4.69, 9.17) is 9.84 Å². The summed E-state index contributed by atoms with van der Waals surface area (Å²) in [4.78, 5) is 21.7. The van der Waals surface area contributed by atoms with E-state index in [1.54, 1.807) is 6.92 Å². The maximum absolute atomic E-state index is 11.2. The van der Waals surface area contributed by atoms with Crippen molar-refractivity contribution in [2.75, 3.05) is 7.11 Å². The molecular weight excluding hydrogens is 174 g/mol. The number of carbonyl (C=O) groups is 2. The second-order valence-electron chi connectivity index (χ2n) is 3.04. The molecule has 72 valence electrons. The Morgan fingerprint density at radius 1 is 1.77 bits per heavy atom. The van der Waals surface area contributed by atoms with Crippen molar-refractivity contribution in [1.29, 1.82) is 0 Å². The molecule has 0 saturated carbocycles. The summed E-state index contributed by atoms with van der Waals surface area (Å²) in [6.45, 7) is 1.68. The molecule has 5 heteroatoms. The molecule has 1 atom stereocenters. The first kappa shape index (κ1) is 9.73.